The first-order valence-electron chi connectivity index (χ1n) is 6.29. The van der Waals surface area contributed by atoms with Gasteiger partial charge in [0.25, 0.3) is 5.91 Å². The van der Waals surface area contributed by atoms with E-state index in [0.717, 1.165) is 23.5 Å². The largest absolute Gasteiger partial charge is 0.423 e. The van der Waals surface area contributed by atoms with Gasteiger partial charge in [0.05, 0.1) is 5.56 Å². The van der Waals surface area contributed by atoms with Crippen LogP contribution in [-0.2, 0) is 6.18 Å². The maximum atomic E-state index is 12.7. The summed E-state index contributed by atoms with van der Waals surface area (Å²) in [6.07, 6.45) is -4.45. The summed E-state index contributed by atoms with van der Waals surface area (Å²) in [5, 5.41) is 7.02. The van der Waals surface area contributed by atoms with Gasteiger partial charge in [0.15, 0.2) is 10.7 Å². The Balaban J connectivity index is 1.86. The first kappa shape index (κ1) is 15.3. The topological polar surface area (TPSA) is 80.0 Å². The molecule has 1 amide bonds. The zero-order valence-corrected chi connectivity index (χ0v) is 12.4. The third-order valence-corrected chi connectivity index (χ3v) is 3.65. The SMILES string of the molecule is CNC(=O)c1csc(Nc2nc3cc(C(F)(F)F)ccc3o2)n1. The minimum atomic E-state index is -4.45. The summed E-state index contributed by atoms with van der Waals surface area (Å²) in [5.74, 6) is -0.346. The van der Waals surface area contributed by atoms with Crippen molar-refractivity contribution in [2.45, 2.75) is 6.18 Å². The van der Waals surface area contributed by atoms with E-state index in [9.17, 15) is 18.0 Å². The Morgan fingerprint density at radius 2 is 2.09 bits per heavy atom. The first-order valence-corrected chi connectivity index (χ1v) is 7.17. The molecular weight excluding hydrogens is 333 g/mol. The van der Waals surface area contributed by atoms with Gasteiger partial charge in [-0.3, -0.25) is 10.1 Å². The highest BCUT2D eigenvalue weighted by molar-refractivity contribution is 7.14. The van der Waals surface area contributed by atoms with Crippen molar-refractivity contribution >= 4 is 39.5 Å². The van der Waals surface area contributed by atoms with Crippen LogP contribution in [0.5, 0.6) is 0 Å². The first-order chi connectivity index (χ1) is 10.9. The highest BCUT2D eigenvalue weighted by atomic mass is 32.1. The lowest BCUT2D eigenvalue weighted by atomic mass is 10.2. The molecule has 2 heterocycles. The van der Waals surface area contributed by atoms with E-state index in [1.165, 1.54) is 18.5 Å². The fourth-order valence-corrected chi connectivity index (χ4v) is 2.49. The summed E-state index contributed by atoms with van der Waals surface area (Å²) in [6, 6.07) is 3.03. The van der Waals surface area contributed by atoms with Crippen LogP contribution in [0.1, 0.15) is 16.1 Å². The van der Waals surface area contributed by atoms with Crippen molar-refractivity contribution in [2.24, 2.45) is 0 Å². The van der Waals surface area contributed by atoms with Crippen LogP contribution in [0.15, 0.2) is 28.0 Å². The van der Waals surface area contributed by atoms with Crippen molar-refractivity contribution in [2.75, 3.05) is 12.4 Å². The standard InChI is InChI=1S/C13H9F3N4O2S/c1-17-10(21)8-5-23-12(19-8)20-11-18-7-4-6(13(14,15)16)2-3-9(7)22-11/h2-5H,1H3,(H,17,21)(H,18,19,20). The van der Waals surface area contributed by atoms with Gasteiger partial charge in [-0.05, 0) is 18.2 Å². The van der Waals surface area contributed by atoms with Crippen LogP contribution >= 0.6 is 11.3 Å². The van der Waals surface area contributed by atoms with E-state index in [1.807, 2.05) is 0 Å². The number of aromatic nitrogens is 2. The summed E-state index contributed by atoms with van der Waals surface area (Å²) in [6.45, 7) is 0. The van der Waals surface area contributed by atoms with Crippen molar-refractivity contribution in [1.82, 2.24) is 15.3 Å². The number of rotatable bonds is 3. The summed E-state index contributed by atoms with van der Waals surface area (Å²) >= 11 is 1.14. The second-order valence-electron chi connectivity index (χ2n) is 4.44. The quantitative estimate of drug-likeness (QED) is 0.762. The lowest BCUT2D eigenvalue weighted by Gasteiger charge is -2.04. The second kappa shape index (κ2) is 5.54. The van der Waals surface area contributed by atoms with Gasteiger partial charge in [0.1, 0.15) is 11.2 Å². The van der Waals surface area contributed by atoms with Crippen LogP contribution in [-0.4, -0.2) is 22.9 Å². The number of thiazole rings is 1. The van der Waals surface area contributed by atoms with E-state index in [2.05, 4.69) is 20.6 Å². The monoisotopic (exact) mass is 342 g/mol. The molecule has 3 rings (SSSR count). The average Bonchev–Trinajstić information content (AvgIpc) is 3.11. The molecule has 0 saturated carbocycles. The number of nitrogens with one attached hydrogen (secondary N) is 2. The van der Waals surface area contributed by atoms with Gasteiger partial charge in [-0.25, -0.2) is 4.98 Å². The van der Waals surface area contributed by atoms with Crippen LogP contribution in [0.25, 0.3) is 11.1 Å². The predicted octanol–water partition coefficient (Wildman–Crippen LogP) is 3.41. The molecule has 0 unspecified atom stereocenters. The molecule has 0 fully saturated rings. The zero-order chi connectivity index (χ0) is 16.6. The van der Waals surface area contributed by atoms with E-state index in [1.54, 1.807) is 0 Å². The number of oxazole rings is 1. The molecule has 2 N–H and O–H groups in total. The molecule has 2 aromatic heterocycles. The van der Waals surface area contributed by atoms with Gasteiger partial charge in [0, 0.05) is 12.4 Å². The van der Waals surface area contributed by atoms with E-state index < -0.39 is 11.7 Å². The van der Waals surface area contributed by atoms with Gasteiger partial charge in [-0.2, -0.15) is 18.2 Å². The zero-order valence-electron chi connectivity index (χ0n) is 11.6. The average molecular weight is 342 g/mol. The summed E-state index contributed by atoms with van der Waals surface area (Å²) < 4.78 is 43.3. The molecule has 0 aliphatic carbocycles. The molecule has 0 aliphatic rings. The third kappa shape index (κ3) is 3.11. The molecule has 3 aromatic rings. The number of carbonyl (C=O) groups is 1. The second-order valence-corrected chi connectivity index (χ2v) is 5.30. The third-order valence-electron chi connectivity index (χ3n) is 2.89. The predicted molar refractivity (Wildman–Crippen MR) is 77.8 cm³/mol. The van der Waals surface area contributed by atoms with Crippen LogP contribution in [0.3, 0.4) is 0 Å². The molecular formula is C13H9F3N4O2S. The number of hydrogen-bond donors (Lipinski definition) is 2. The smallest absolute Gasteiger partial charge is 0.416 e. The van der Waals surface area contributed by atoms with Crippen molar-refractivity contribution in [3.05, 3.63) is 34.8 Å². The summed E-state index contributed by atoms with van der Waals surface area (Å²) in [5.41, 5.74) is -0.301. The minimum absolute atomic E-state index is 0.00266. The lowest BCUT2D eigenvalue weighted by molar-refractivity contribution is -0.137. The molecule has 120 valence electrons. The Bertz CT molecular complexity index is 872. The van der Waals surface area contributed by atoms with Gasteiger partial charge < -0.3 is 9.73 Å². The van der Waals surface area contributed by atoms with Crippen LogP contribution in [0.4, 0.5) is 24.3 Å². The summed E-state index contributed by atoms with van der Waals surface area (Å²) in [7, 11) is 1.48. The number of nitrogens with zero attached hydrogens (tertiary/aromatic N) is 2. The molecule has 0 bridgehead atoms. The van der Waals surface area contributed by atoms with E-state index in [0.29, 0.717) is 5.13 Å². The van der Waals surface area contributed by atoms with E-state index >= 15 is 0 Å². The van der Waals surface area contributed by atoms with Crippen molar-refractivity contribution < 1.29 is 22.4 Å². The molecule has 0 saturated heterocycles. The van der Waals surface area contributed by atoms with Gasteiger partial charge in [0.2, 0.25) is 0 Å². The Labute approximate surface area is 131 Å². The van der Waals surface area contributed by atoms with Gasteiger partial charge >= 0.3 is 12.2 Å². The minimum Gasteiger partial charge on any atom is -0.423 e. The van der Waals surface area contributed by atoms with Crippen LogP contribution < -0.4 is 10.6 Å². The Hall–Kier alpha value is -2.62. The molecule has 0 aliphatic heterocycles. The summed E-state index contributed by atoms with van der Waals surface area (Å²) in [4.78, 5) is 19.4. The number of anilines is 2. The van der Waals surface area contributed by atoms with Crippen LogP contribution in [0.2, 0.25) is 0 Å². The molecule has 10 heteroatoms. The van der Waals surface area contributed by atoms with Crippen molar-refractivity contribution in [3.63, 3.8) is 0 Å². The van der Waals surface area contributed by atoms with E-state index in [4.69, 9.17) is 4.42 Å². The highest BCUT2D eigenvalue weighted by Gasteiger charge is 2.31. The van der Waals surface area contributed by atoms with Gasteiger partial charge in [-0.1, -0.05) is 0 Å². The number of halogens is 3. The molecule has 0 radical (unpaired) electrons. The van der Waals surface area contributed by atoms with Crippen LogP contribution in [0, 0.1) is 0 Å². The lowest BCUT2D eigenvalue weighted by Crippen LogP contribution is -2.17. The molecule has 6 nitrogen and oxygen atoms in total. The number of alkyl halides is 3. The number of hydrogen-bond acceptors (Lipinski definition) is 6. The van der Waals surface area contributed by atoms with Crippen molar-refractivity contribution in [3.8, 4) is 0 Å². The number of amides is 1. The van der Waals surface area contributed by atoms with Gasteiger partial charge in [-0.15, -0.1) is 11.3 Å². The maximum absolute atomic E-state index is 12.7. The Morgan fingerprint density at radius 1 is 1.30 bits per heavy atom. The molecule has 23 heavy (non-hydrogen) atoms. The Morgan fingerprint density at radius 3 is 2.78 bits per heavy atom. The van der Waals surface area contributed by atoms with E-state index in [-0.39, 0.29) is 28.7 Å². The maximum Gasteiger partial charge on any atom is 0.416 e. The molecule has 0 atom stereocenters. The fraction of sp³-hybridized carbons (Fsp3) is 0.154. The number of benzene rings is 1. The highest BCUT2D eigenvalue weighted by Crippen LogP contribution is 2.32. The number of carbonyl (C=O) groups excluding carboxylic acids is 1. The normalized spacial score (nSPS) is 11.7. The fourth-order valence-electron chi connectivity index (χ4n) is 1.81. The Kier molecular flexibility index (Phi) is 3.68. The molecule has 0 spiro atoms. The molecule has 1 aromatic carbocycles. The number of fused-ring (bicyclic) bond motifs is 1. The van der Waals surface area contributed by atoms with Crippen molar-refractivity contribution in [1.29, 1.82) is 0 Å².